The van der Waals surface area contributed by atoms with Gasteiger partial charge >= 0.3 is 12.1 Å². The van der Waals surface area contributed by atoms with Gasteiger partial charge in [0.05, 0.1) is 23.3 Å². The quantitative estimate of drug-likeness (QED) is 0.220. The number of benzene rings is 2. The van der Waals surface area contributed by atoms with Gasteiger partial charge in [0, 0.05) is 24.2 Å². The van der Waals surface area contributed by atoms with Gasteiger partial charge in [-0.15, -0.1) is 0 Å². The number of rotatable bonds is 5. The minimum absolute atomic E-state index is 0.0752. The van der Waals surface area contributed by atoms with E-state index in [1.165, 1.54) is 12.1 Å². The maximum absolute atomic E-state index is 13.9. The highest BCUT2D eigenvalue weighted by Crippen LogP contribution is 2.27. The third kappa shape index (κ3) is 6.30. The molecule has 5 N–H and O–H groups in total. The first kappa shape index (κ1) is 28.0. The number of carboxylic acid groups (broad SMARTS) is 1. The van der Waals surface area contributed by atoms with Crippen molar-refractivity contribution in [1.82, 2.24) is 29.5 Å². The number of halogens is 5. The number of nitrogens with zero attached hydrogens (tertiary/aromatic N) is 6. The molecule has 1 aliphatic heterocycles. The number of anilines is 2. The van der Waals surface area contributed by atoms with Crippen LogP contribution in [-0.4, -0.2) is 65.9 Å². The molecule has 11 nitrogen and oxygen atoms in total. The number of hydrogen-bond acceptors (Lipinski definition) is 8. The summed E-state index contributed by atoms with van der Waals surface area (Å²) in [7, 11) is 0. The number of hydrogen-bond donors (Lipinski definition) is 4. The molecule has 2 aromatic carbocycles. The number of carbonyl (C=O) groups is 1. The molecule has 5 aromatic rings. The second kappa shape index (κ2) is 11.2. The van der Waals surface area contributed by atoms with Crippen molar-refractivity contribution in [3.05, 3.63) is 65.5 Å². The van der Waals surface area contributed by atoms with Crippen LogP contribution >= 0.6 is 11.6 Å². The minimum atomic E-state index is -5.08. The lowest BCUT2D eigenvalue weighted by atomic mass is 10.3. The number of aromatic amines is 1. The van der Waals surface area contributed by atoms with Gasteiger partial charge in [-0.1, -0.05) is 17.7 Å². The van der Waals surface area contributed by atoms with Crippen LogP contribution < -0.4 is 16.0 Å². The summed E-state index contributed by atoms with van der Waals surface area (Å²) in [6.07, 6.45) is -2.59. The summed E-state index contributed by atoms with van der Waals surface area (Å²) in [5, 5.41) is 11.1. The highest BCUT2D eigenvalue weighted by Gasteiger charge is 2.38. The average Bonchev–Trinajstić information content (AvgIpc) is 3.64. The van der Waals surface area contributed by atoms with E-state index in [1.54, 1.807) is 17.0 Å². The summed E-state index contributed by atoms with van der Waals surface area (Å²) >= 11 is 6.09. The Bertz CT molecular complexity index is 1720. The number of aliphatic carboxylic acids is 1. The third-order valence-electron chi connectivity index (χ3n) is 6.14. The molecule has 1 fully saturated rings. The van der Waals surface area contributed by atoms with E-state index in [4.69, 9.17) is 37.2 Å². The fraction of sp³-hybridized carbons (Fsp3) is 0.240. The molecule has 6 rings (SSSR count). The van der Waals surface area contributed by atoms with Gasteiger partial charge in [0.1, 0.15) is 18.0 Å². The number of aromatic nitrogens is 6. The van der Waals surface area contributed by atoms with Crippen LogP contribution in [0.25, 0.3) is 27.9 Å². The second-order valence-electron chi connectivity index (χ2n) is 9.14. The lowest BCUT2D eigenvalue weighted by Gasteiger charge is -2.17. The topological polar surface area (TPSA) is 151 Å². The molecule has 16 heteroatoms. The molecule has 1 saturated heterocycles. The Morgan fingerprint density at radius 1 is 1.20 bits per heavy atom. The van der Waals surface area contributed by atoms with Crippen LogP contribution in [0.4, 0.5) is 29.3 Å². The Morgan fingerprint density at radius 2 is 1.98 bits per heavy atom. The molecule has 1 atom stereocenters. The van der Waals surface area contributed by atoms with Crippen LogP contribution in [0.1, 0.15) is 12.2 Å². The van der Waals surface area contributed by atoms with Crippen molar-refractivity contribution in [2.24, 2.45) is 5.73 Å². The molecule has 1 aliphatic rings. The lowest BCUT2D eigenvalue weighted by molar-refractivity contribution is -0.192. The van der Waals surface area contributed by atoms with Crippen molar-refractivity contribution in [2.45, 2.75) is 25.2 Å². The van der Waals surface area contributed by atoms with Gasteiger partial charge in [-0.25, -0.2) is 19.2 Å². The van der Waals surface area contributed by atoms with E-state index < -0.39 is 12.1 Å². The predicted octanol–water partition coefficient (Wildman–Crippen LogP) is 4.27. The van der Waals surface area contributed by atoms with E-state index in [1.807, 2.05) is 24.3 Å². The maximum Gasteiger partial charge on any atom is 0.490 e. The fourth-order valence-corrected chi connectivity index (χ4v) is 4.40. The molecule has 3 aromatic heterocycles. The van der Waals surface area contributed by atoms with Crippen molar-refractivity contribution in [1.29, 1.82) is 0 Å². The van der Waals surface area contributed by atoms with Crippen LogP contribution in [0, 0.1) is 5.82 Å². The lowest BCUT2D eigenvalue weighted by Crippen LogP contribution is -2.27. The number of nitrogens with one attached hydrogen (secondary N) is 2. The second-order valence-corrected chi connectivity index (χ2v) is 9.57. The van der Waals surface area contributed by atoms with Crippen molar-refractivity contribution in [3.63, 3.8) is 0 Å². The SMILES string of the molecule is NC1CCN(c2nc(NCc3nc4ccc(Cl)cc4[nH]3)c3ncn(-c4cccc(F)c4)c3n2)C1.O=C(O)C(F)(F)F. The number of H-pyrrole nitrogens is 1. The first-order valence-corrected chi connectivity index (χ1v) is 12.6. The zero-order valence-electron chi connectivity index (χ0n) is 21.0. The molecule has 0 bridgehead atoms. The van der Waals surface area contributed by atoms with Gasteiger partial charge in [0.2, 0.25) is 5.95 Å². The van der Waals surface area contributed by atoms with E-state index in [-0.39, 0.29) is 11.9 Å². The van der Waals surface area contributed by atoms with Gasteiger partial charge in [0.15, 0.2) is 17.0 Å². The normalized spacial score (nSPS) is 15.3. The van der Waals surface area contributed by atoms with E-state index in [0.29, 0.717) is 46.7 Å². The zero-order valence-corrected chi connectivity index (χ0v) is 21.8. The predicted molar refractivity (Wildman–Crippen MR) is 144 cm³/mol. The molecular formula is C25H22ClF4N9O2. The molecule has 0 spiro atoms. The summed E-state index contributed by atoms with van der Waals surface area (Å²) in [5.74, 6) is -1.24. The molecule has 1 unspecified atom stereocenters. The van der Waals surface area contributed by atoms with Crippen molar-refractivity contribution < 1.29 is 27.5 Å². The molecule has 0 saturated carbocycles. The Hall–Kier alpha value is -4.50. The molecule has 41 heavy (non-hydrogen) atoms. The molecular weight excluding hydrogens is 570 g/mol. The molecule has 0 radical (unpaired) electrons. The average molecular weight is 592 g/mol. The minimum Gasteiger partial charge on any atom is -0.475 e. The summed E-state index contributed by atoms with van der Waals surface area (Å²) in [6, 6.07) is 11.9. The highest BCUT2D eigenvalue weighted by atomic mass is 35.5. The van der Waals surface area contributed by atoms with E-state index in [2.05, 4.69) is 25.2 Å². The summed E-state index contributed by atoms with van der Waals surface area (Å²) in [6.45, 7) is 1.83. The zero-order chi connectivity index (χ0) is 29.3. The van der Waals surface area contributed by atoms with E-state index in [0.717, 1.165) is 29.8 Å². The molecule has 214 valence electrons. The van der Waals surface area contributed by atoms with E-state index >= 15 is 0 Å². The largest absolute Gasteiger partial charge is 0.490 e. The van der Waals surface area contributed by atoms with Crippen LogP contribution in [0.2, 0.25) is 5.02 Å². The van der Waals surface area contributed by atoms with Crippen molar-refractivity contribution in [3.8, 4) is 5.69 Å². The number of alkyl halides is 3. The Morgan fingerprint density at radius 3 is 2.66 bits per heavy atom. The Kier molecular flexibility index (Phi) is 7.64. The Balaban J connectivity index is 0.000000431. The van der Waals surface area contributed by atoms with Crippen LogP contribution in [0.5, 0.6) is 0 Å². The standard InChI is InChI=1S/C23H21ClFN9.C2HF3O2/c24-13-4-5-17-18(8-13)30-19(29-17)10-27-21-20-22(32-23(31-21)33-7-6-15(26)11-33)34(12-28-20)16-3-1-2-14(25)9-16;3-2(4,5)1(6)7/h1-5,8-9,12,15H,6-7,10-11,26H2,(H,29,30)(H,27,31,32);(H,6,7). The van der Waals surface area contributed by atoms with Crippen LogP contribution in [0.3, 0.4) is 0 Å². The van der Waals surface area contributed by atoms with Gasteiger partial charge in [0.25, 0.3) is 0 Å². The van der Waals surface area contributed by atoms with Gasteiger partial charge in [-0.05, 0) is 42.8 Å². The van der Waals surface area contributed by atoms with Gasteiger partial charge in [-0.2, -0.15) is 23.1 Å². The first-order chi connectivity index (χ1) is 19.5. The Labute approximate surface area is 234 Å². The van der Waals surface area contributed by atoms with Crippen molar-refractivity contribution in [2.75, 3.05) is 23.3 Å². The first-order valence-electron chi connectivity index (χ1n) is 12.2. The number of nitrogens with two attached hydrogens (primary N) is 1. The summed E-state index contributed by atoms with van der Waals surface area (Å²) in [4.78, 5) is 32.9. The fourth-order valence-electron chi connectivity index (χ4n) is 4.22. The monoisotopic (exact) mass is 591 g/mol. The van der Waals surface area contributed by atoms with Gasteiger partial charge < -0.3 is 26.0 Å². The molecule has 4 heterocycles. The molecule has 0 amide bonds. The van der Waals surface area contributed by atoms with Crippen LogP contribution in [-0.2, 0) is 11.3 Å². The number of imidazole rings is 2. The highest BCUT2D eigenvalue weighted by molar-refractivity contribution is 6.31. The van der Waals surface area contributed by atoms with Crippen LogP contribution in [0.15, 0.2) is 48.8 Å². The number of carboxylic acids is 1. The van der Waals surface area contributed by atoms with Gasteiger partial charge in [-0.3, -0.25) is 4.57 Å². The van der Waals surface area contributed by atoms with E-state index in [9.17, 15) is 17.6 Å². The summed E-state index contributed by atoms with van der Waals surface area (Å²) < 4.78 is 47.4. The summed E-state index contributed by atoms with van der Waals surface area (Å²) in [5.41, 5.74) is 9.60. The third-order valence-corrected chi connectivity index (χ3v) is 6.37. The maximum atomic E-state index is 13.9. The van der Waals surface area contributed by atoms with Crippen molar-refractivity contribution >= 4 is 51.5 Å². The molecule has 0 aliphatic carbocycles. The smallest absolute Gasteiger partial charge is 0.475 e. The number of fused-ring (bicyclic) bond motifs is 2.